The molecule has 33 heavy (non-hydrogen) atoms. The number of carbonyl (C=O) groups excluding carboxylic acids is 2. The fourth-order valence-electron chi connectivity index (χ4n) is 4.14. The third kappa shape index (κ3) is 4.59. The Bertz CT molecular complexity index is 1300. The Morgan fingerprint density at radius 1 is 1.00 bits per heavy atom. The molecule has 7 heteroatoms. The van der Waals surface area contributed by atoms with E-state index in [1.54, 1.807) is 13.0 Å². The zero-order valence-corrected chi connectivity index (χ0v) is 19.0. The molecule has 0 spiro atoms. The molecular weight excluding hydrogens is 418 g/mol. The van der Waals surface area contributed by atoms with Crippen LogP contribution in [0, 0.1) is 0 Å². The molecule has 0 radical (unpaired) electrons. The van der Waals surface area contributed by atoms with Gasteiger partial charge in [-0.3, -0.25) is 4.79 Å². The number of benzene rings is 2. The monoisotopic (exact) mass is 445 g/mol. The quantitative estimate of drug-likeness (QED) is 0.416. The summed E-state index contributed by atoms with van der Waals surface area (Å²) in [5.74, 6) is -0.802. The van der Waals surface area contributed by atoms with E-state index in [-0.39, 0.29) is 11.7 Å². The van der Waals surface area contributed by atoms with Crippen molar-refractivity contribution in [2.45, 2.75) is 25.9 Å². The predicted molar refractivity (Wildman–Crippen MR) is 127 cm³/mol. The Balaban J connectivity index is 1.84. The summed E-state index contributed by atoms with van der Waals surface area (Å²) in [6.07, 6.45) is 0.522. The van der Waals surface area contributed by atoms with E-state index in [0.717, 1.165) is 27.5 Å². The molecule has 170 valence electrons. The first-order valence-electron chi connectivity index (χ1n) is 10.9. The topological polar surface area (TPSA) is 82.5 Å². The number of ether oxygens (including phenoxy) is 2. The van der Waals surface area contributed by atoms with Crippen molar-refractivity contribution in [1.82, 2.24) is 14.9 Å². The lowest BCUT2D eigenvalue weighted by atomic mass is 10.1. The Kier molecular flexibility index (Phi) is 6.70. The maximum absolute atomic E-state index is 12.4. The first-order valence-corrected chi connectivity index (χ1v) is 10.9. The molecule has 1 atom stereocenters. The maximum Gasteiger partial charge on any atom is 0.356 e. The van der Waals surface area contributed by atoms with Crippen LogP contribution in [0.15, 0.2) is 60.7 Å². The Hall–Kier alpha value is -3.71. The molecule has 0 saturated carbocycles. The number of esters is 2. The van der Waals surface area contributed by atoms with Crippen molar-refractivity contribution in [2.24, 2.45) is 0 Å². The molecule has 2 aromatic carbocycles. The van der Waals surface area contributed by atoms with Gasteiger partial charge in [0.05, 0.1) is 25.4 Å². The molecule has 2 heterocycles. The molecule has 1 N–H and O–H groups in total. The predicted octanol–water partition coefficient (Wildman–Crippen LogP) is 3.72. The normalized spacial score (nSPS) is 12.1. The molecule has 0 unspecified atom stereocenters. The fourth-order valence-corrected chi connectivity index (χ4v) is 4.14. The highest BCUT2D eigenvalue weighted by atomic mass is 16.5. The summed E-state index contributed by atoms with van der Waals surface area (Å²) in [5.41, 5.74) is 4.24. The Labute approximate surface area is 192 Å². The van der Waals surface area contributed by atoms with Gasteiger partial charge in [-0.25, -0.2) is 9.78 Å². The molecule has 4 rings (SSSR count). The molecule has 4 aromatic rings. The summed E-state index contributed by atoms with van der Waals surface area (Å²) >= 11 is 0. The summed E-state index contributed by atoms with van der Waals surface area (Å²) in [6.45, 7) is 2.92. The summed E-state index contributed by atoms with van der Waals surface area (Å²) in [6, 6.07) is 19.7. The second-order valence-electron chi connectivity index (χ2n) is 7.88. The number of para-hydroxylation sites is 1. The number of rotatable bonds is 8. The van der Waals surface area contributed by atoms with Gasteiger partial charge in [0.1, 0.15) is 11.7 Å². The van der Waals surface area contributed by atoms with Gasteiger partial charge in [-0.1, -0.05) is 48.5 Å². The molecule has 0 aliphatic heterocycles. The van der Waals surface area contributed by atoms with Crippen LogP contribution in [0.5, 0.6) is 0 Å². The molecule has 0 saturated heterocycles. The number of pyridine rings is 1. The number of hydrogen-bond acceptors (Lipinski definition) is 6. The highest BCUT2D eigenvalue weighted by Crippen LogP contribution is 2.32. The third-order valence-electron chi connectivity index (χ3n) is 5.76. The summed E-state index contributed by atoms with van der Waals surface area (Å²) in [4.78, 5) is 28.8. The fraction of sp³-hybridized carbons (Fsp3) is 0.269. The van der Waals surface area contributed by atoms with E-state index in [2.05, 4.69) is 39.1 Å². The van der Waals surface area contributed by atoms with Gasteiger partial charge in [0, 0.05) is 35.8 Å². The minimum absolute atomic E-state index is 0.267. The van der Waals surface area contributed by atoms with Crippen molar-refractivity contribution in [1.29, 1.82) is 0 Å². The number of aromatic nitrogens is 2. The van der Waals surface area contributed by atoms with E-state index in [9.17, 15) is 9.59 Å². The lowest BCUT2D eigenvalue weighted by Crippen LogP contribution is -2.36. The van der Waals surface area contributed by atoms with Crippen molar-refractivity contribution in [3.8, 4) is 0 Å². The number of carbonyl (C=O) groups is 2. The molecule has 0 aliphatic rings. The second kappa shape index (κ2) is 9.83. The Morgan fingerprint density at radius 3 is 2.45 bits per heavy atom. The largest absolute Gasteiger partial charge is 0.468 e. The molecule has 2 aromatic heterocycles. The van der Waals surface area contributed by atoms with Crippen molar-refractivity contribution >= 4 is 33.7 Å². The standard InChI is InChI=1S/C26H27N3O4/c1-17(25(30)32-2)27-14-13-21-24-20(15-22(28-21)26(31)33-3)19-11-7-8-12-23(19)29(24)16-18-9-5-4-6-10-18/h4-12,15,17,27H,13-14,16H2,1-3H3/t17-/m0/s1. The van der Waals surface area contributed by atoms with Gasteiger partial charge < -0.3 is 19.4 Å². The van der Waals surface area contributed by atoms with Crippen LogP contribution in [-0.2, 0) is 27.2 Å². The van der Waals surface area contributed by atoms with Crippen LogP contribution in [0.3, 0.4) is 0 Å². The first kappa shape index (κ1) is 22.5. The van der Waals surface area contributed by atoms with E-state index in [0.29, 0.717) is 19.5 Å². The average Bonchev–Trinajstić information content (AvgIpc) is 3.17. The zero-order chi connectivity index (χ0) is 23.4. The maximum atomic E-state index is 12.4. The third-order valence-corrected chi connectivity index (χ3v) is 5.76. The molecule has 0 amide bonds. The van der Waals surface area contributed by atoms with E-state index in [4.69, 9.17) is 9.47 Å². The summed E-state index contributed by atoms with van der Waals surface area (Å²) in [5, 5.41) is 5.17. The van der Waals surface area contributed by atoms with Gasteiger partial charge in [-0.05, 0) is 24.6 Å². The minimum Gasteiger partial charge on any atom is -0.468 e. The van der Waals surface area contributed by atoms with Gasteiger partial charge >= 0.3 is 11.9 Å². The van der Waals surface area contributed by atoms with Crippen LogP contribution >= 0.6 is 0 Å². The van der Waals surface area contributed by atoms with E-state index < -0.39 is 12.0 Å². The average molecular weight is 446 g/mol. The number of nitrogens with one attached hydrogen (secondary N) is 1. The smallest absolute Gasteiger partial charge is 0.356 e. The zero-order valence-electron chi connectivity index (χ0n) is 19.0. The van der Waals surface area contributed by atoms with Gasteiger partial charge in [-0.15, -0.1) is 0 Å². The minimum atomic E-state index is -0.478. The van der Waals surface area contributed by atoms with E-state index in [1.807, 2.05) is 30.3 Å². The van der Waals surface area contributed by atoms with Crippen LogP contribution in [0.1, 0.15) is 28.7 Å². The van der Waals surface area contributed by atoms with E-state index in [1.165, 1.54) is 19.8 Å². The van der Waals surface area contributed by atoms with Crippen molar-refractivity contribution in [2.75, 3.05) is 20.8 Å². The van der Waals surface area contributed by atoms with Gasteiger partial charge in [0.15, 0.2) is 0 Å². The van der Waals surface area contributed by atoms with Crippen LogP contribution in [-0.4, -0.2) is 48.3 Å². The summed E-state index contributed by atoms with van der Waals surface area (Å²) < 4.78 is 12.0. The van der Waals surface area contributed by atoms with Crippen LogP contribution in [0.25, 0.3) is 21.8 Å². The molecule has 0 aliphatic carbocycles. The van der Waals surface area contributed by atoms with Crippen molar-refractivity contribution in [3.05, 3.63) is 77.6 Å². The van der Waals surface area contributed by atoms with Gasteiger partial charge in [-0.2, -0.15) is 0 Å². The molecule has 0 bridgehead atoms. The van der Waals surface area contributed by atoms with Crippen molar-refractivity contribution in [3.63, 3.8) is 0 Å². The highest BCUT2D eigenvalue weighted by molar-refractivity contribution is 6.10. The number of nitrogens with zero attached hydrogens (tertiary/aromatic N) is 2. The highest BCUT2D eigenvalue weighted by Gasteiger charge is 2.20. The van der Waals surface area contributed by atoms with Gasteiger partial charge in [0.2, 0.25) is 0 Å². The van der Waals surface area contributed by atoms with Gasteiger partial charge in [0.25, 0.3) is 0 Å². The molecular formula is C26H27N3O4. The second-order valence-corrected chi connectivity index (χ2v) is 7.88. The van der Waals surface area contributed by atoms with Crippen LogP contribution in [0.2, 0.25) is 0 Å². The van der Waals surface area contributed by atoms with Crippen molar-refractivity contribution < 1.29 is 19.1 Å². The lowest BCUT2D eigenvalue weighted by Gasteiger charge is -2.14. The van der Waals surface area contributed by atoms with Crippen LogP contribution in [0.4, 0.5) is 0 Å². The Morgan fingerprint density at radius 2 is 1.73 bits per heavy atom. The molecule has 7 nitrogen and oxygen atoms in total. The summed E-state index contributed by atoms with van der Waals surface area (Å²) in [7, 11) is 2.72. The SMILES string of the molecule is COC(=O)c1cc2c3ccccc3n(Cc3ccccc3)c2c(CCN[C@@H](C)C(=O)OC)n1. The number of fused-ring (bicyclic) bond motifs is 3. The number of methoxy groups -OCH3 is 2. The number of hydrogen-bond donors (Lipinski definition) is 1. The lowest BCUT2D eigenvalue weighted by molar-refractivity contribution is -0.142. The molecule has 0 fully saturated rings. The van der Waals surface area contributed by atoms with Crippen LogP contribution < -0.4 is 5.32 Å². The van der Waals surface area contributed by atoms with E-state index >= 15 is 0 Å². The first-order chi connectivity index (χ1) is 16.0.